The Morgan fingerprint density at radius 1 is 1.04 bits per heavy atom. The van der Waals surface area contributed by atoms with Gasteiger partial charge in [-0.25, -0.2) is 9.50 Å². The first-order valence-corrected chi connectivity index (χ1v) is 7.98. The standard InChI is InChI=1S/C16H16N4.C3H8/c1-11-5-4-6-15(19-11)13(3)12(2)14-7-8-16-17-10-18-20(16)9-14;1-3-2/h4-10H,1-3H3;3H2,1-2H3/b13-12-;. The highest BCUT2D eigenvalue weighted by atomic mass is 15.3. The number of hydrogen-bond donors (Lipinski definition) is 0. The first-order valence-electron chi connectivity index (χ1n) is 7.98. The van der Waals surface area contributed by atoms with E-state index in [1.165, 1.54) is 17.6 Å². The van der Waals surface area contributed by atoms with Gasteiger partial charge in [0.2, 0.25) is 0 Å². The van der Waals surface area contributed by atoms with E-state index < -0.39 is 0 Å². The van der Waals surface area contributed by atoms with Crippen molar-refractivity contribution in [1.82, 2.24) is 19.6 Å². The van der Waals surface area contributed by atoms with E-state index in [-0.39, 0.29) is 0 Å². The molecule has 0 aliphatic rings. The van der Waals surface area contributed by atoms with Gasteiger partial charge in [-0.05, 0) is 61.7 Å². The average Bonchev–Trinajstić information content (AvgIpc) is 3.01. The third kappa shape index (κ3) is 4.03. The van der Waals surface area contributed by atoms with Crippen molar-refractivity contribution in [3.8, 4) is 0 Å². The Labute approximate surface area is 137 Å². The Balaban J connectivity index is 0.000000595. The summed E-state index contributed by atoms with van der Waals surface area (Å²) in [6.45, 7) is 10.5. The van der Waals surface area contributed by atoms with E-state index in [1.54, 1.807) is 10.8 Å². The van der Waals surface area contributed by atoms with Gasteiger partial charge in [-0.2, -0.15) is 5.10 Å². The van der Waals surface area contributed by atoms with Gasteiger partial charge in [-0.1, -0.05) is 26.3 Å². The number of hydrogen-bond acceptors (Lipinski definition) is 3. The quantitative estimate of drug-likeness (QED) is 0.683. The van der Waals surface area contributed by atoms with Crippen molar-refractivity contribution in [3.63, 3.8) is 0 Å². The molecule has 0 radical (unpaired) electrons. The van der Waals surface area contributed by atoms with E-state index in [2.05, 4.69) is 48.8 Å². The predicted octanol–water partition coefficient (Wildman–Crippen LogP) is 4.80. The molecule has 3 heterocycles. The second-order valence-corrected chi connectivity index (χ2v) is 5.60. The summed E-state index contributed by atoms with van der Waals surface area (Å²) in [5, 5.41) is 4.18. The number of allylic oxidation sites excluding steroid dienone is 2. The molecule has 0 spiro atoms. The highest BCUT2D eigenvalue weighted by molar-refractivity contribution is 5.87. The van der Waals surface area contributed by atoms with Crippen molar-refractivity contribution in [3.05, 3.63) is 59.8 Å². The Hall–Kier alpha value is -2.49. The van der Waals surface area contributed by atoms with Gasteiger partial charge in [0.15, 0.2) is 5.65 Å². The van der Waals surface area contributed by atoms with Crippen LogP contribution in [0.15, 0.2) is 42.9 Å². The molecule has 0 unspecified atom stereocenters. The molecule has 0 atom stereocenters. The van der Waals surface area contributed by atoms with Crippen LogP contribution in [0.3, 0.4) is 0 Å². The molecular formula is C19H24N4. The third-order valence-electron chi connectivity index (χ3n) is 3.54. The fourth-order valence-electron chi connectivity index (χ4n) is 2.20. The highest BCUT2D eigenvalue weighted by Gasteiger charge is 2.06. The normalized spacial score (nSPS) is 11.7. The van der Waals surface area contributed by atoms with Crippen LogP contribution in [-0.2, 0) is 0 Å². The van der Waals surface area contributed by atoms with Gasteiger partial charge in [0.05, 0.1) is 5.69 Å². The zero-order chi connectivity index (χ0) is 16.8. The number of rotatable bonds is 2. The van der Waals surface area contributed by atoms with Crippen LogP contribution in [0.4, 0.5) is 0 Å². The number of pyridine rings is 2. The van der Waals surface area contributed by atoms with Crippen molar-refractivity contribution in [1.29, 1.82) is 0 Å². The minimum absolute atomic E-state index is 0.855. The number of fused-ring (bicyclic) bond motifs is 1. The summed E-state index contributed by atoms with van der Waals surface area (Å²) in [5.74, 6) is 0. The van der Waals surface area contributed by atoms with Gasteiger partial charge in [0.1, 0.15) is 6.33 Å². The van der Waals surface area contributed by atoms with Crippen molar-refractivity contribution in [2.75, 3.05) is 0 Å². The van der Waals surface area contributed by atoms with Crippen LogP contribution >= 0.6 is 0 Å². The monoisotopic (exact) mass is 308 g/mol. The molecule has 3 rings (SSSR count). The SMILES string of the molecule is C/C(=C(\C)c1cccc(C)n1)c1ccc2ncnn2c1.CCC. The lowest BCUT2D eigenvalue weighted by atomic mass is 10.0. The molecule has 120 valence electrons. The van der Waals surface area contributed by atoms with Gasteiger partial charge in [0.25, 0.3) is 0 Å². The van der Waals surface area contributed by atoms with Crippen molar-refractivity contribution in [2.24, 2.45) is 0 Å². The molecule has 3 aromatic heterocycles. The van der Waals surface area contributed by atoms with Gasteiger partial charge < -0.3 is 0 Å². The van der Waals surface area contributed by atoms with Crippen LogP contribution < -0.4 is 0 Å². The number of aromatic nitrogens is 4. The average molecular weight is 308 g/mol. The number of aryl methyl sites for hydroxylation is 1. The molecule has 0 bridgehead atoms. The predicted molar refractivity (Wildman–Crippen MR) is 96.1 cm³/mol. The molecule has 0 N–H and O–H groups in total. The summed E-state index contributed by atoms with van der Waals surface area (Å²) >= 11 is 0. The smallest absolute Gasteiger partial charge is 0.155 e. The maximum absolute atomic E-state index is 4.58. The molecule has 23 heavy (non-hydrogen) atoms. The Morgan fingerprint density at radius 3 is 2.48 bits per heavy atom. The lowest BCUT2D eigenvalue weighted by Gasteiger charge is -2.09. The van der Waals surface area contributed by atoms with Crippen molar-refractivity contribution < 1.29 is 0 Å². The van der Waals surface area contributed by atoms with Crippen molar-refractivity contribution >= 4 is 16.8 Å². The van der Waals surface area contributed by atoms with Gasteiger partial charge in [-0.15, -0.1) is 0 Å². The molecule has 0 amide bonds. The van der Waals surface area contributed by atoms with Crippen LogP contribution in [0.25, 0.3) is 16.8 Å². The van der Waals surface area contributed by atoms with Gasteiger partial charge in [0, 0.05) is 11.9 Å². The highest BCUT2D eigenvalue weighted by Crippen LogP contribution is 2.24. The molecule has 0 saturated heterocycles. The molecule has 0 fully saturated rings. The Kier molecular flexibility index (Phi) is 5.63. The van der Waals surface area contributed by atoms with Crippen LogP contribution in [0, 0.1) is 6.92 Å². The van der Waals surface area contributed by atoms with E-state index in [0.717, 1.165) is 22.6 Å². The molecule has 4 nitrogen and oxygen atoms in total. The first kappa shape index (κ1) is 16.9. The number of nitrogens with zero attached hydrogens (tertiary/aromatic N) is 4. The molecule has 0 aliphatic carbocycles. The minimum Gasteiger partial charge on any atom is -0.253 e. The van der Waals surface area contributed by atoms with Crippen molar-refractivity contribution in [2.45, 2.75) is 41.0 Å². The molecule has 3 aromatic rings. The first-order chi connectivity index (χ1) is 11.1. The maximum Gasteiger partial charge on any atom is 0.155 e. The van der Waals surface area contributed by atoms with Crippen LogP contribution in [0.5, 0.6) is 0 Å². The van der Waals surface area contributed by atoms with Gasteiger partial charge >= 0.3 is 0 Å². The second kappa shape index (κ2) is 7.68. The molecular weight excluding hydrogens is 284 g/mol. The molecule has 0 aromatic carbocycles. The largest absolute Gasteiger partial charge is 0.253 e. The summed E-state index contributed by atoms with van der Waals surface area (Å²) < 4.78 is 1.79. The Morgan fingerprint density at radius 2 is 1.78 bits per heavy atom. The maximum atomic E-state index is 4.58. The minimum atomic E-state index is 0.855. The fraction of sp³-hybridized carbons (Fsp3) is 0.316. The van der Waals surface area contributed by atoms with Crippen LogP contribution in [0.1, 0.15) is 51.1 Å². The molecule has 4 heteroatoms. The zero-order valence-corrected chi connectivity index (χ0v) is 14.5. The van der Waals surface area contributed by atoms with Crippen LogP contribution in [0.2, 0.25) is 0 Å². The summed E-state index contributed by atoms with van der Waals surface area (Å²) in [4.78, 5) is 8.74. The summed E-state index contributed by atoms with van der Waals surface area (Å²) in [6, 6.07) is 10.1. The lowest BCUT2D eigenvalue weighted by Crippen LogP contribution is -1.94. The van der Waals surface area contributed by atoms with E-state index in [1.807, 2.05) is 37.4 Å². The second-order valence-electron chi connectivity index (χ2n) is 5.60. The van der Waals surface area contributed by atoms with Crippen LogP contribution in [-0.4, -0.2) is 19.6 Å². The summed E-state index contributed by atoms with van der Waals surface area (Å²) in [5.41, 5.74) is 6.40. The lowest BCUT2D eigenvalue weighted by molar-refractivity contribution is 0.957. The van der Waals surface area contributed by atoms with E-state index in [0.29, 0.717) is 0 Å². The molecule has 0 saturated carbocycles. The van der Waals surface area contributed by atoms with E-state index >= 15 is 0 Å². The topological polar surface area (TPSA) is 43.1 Å². The summed E-state index contributed by atoms with van der Waals surface area (Å²) in [7, 11) is 0. The zero-order valence-electron chi connectivity index (χ0n) is 14.5. The van der Waals surface area contributed by atoms with E-state index in [9.17, 15) is 0 Å². The third-order valence-corrected chi connectivity index (χ3v) is 3.54. The van der Waals surface area contributed by atoms with E-state index in [4.69, 9.17) is 0 Å². The fourth-order valence-corrected chi connectivity index (χ4v) is 2.20. The Bertz CT molecular complexity index is 815. The summed E-state index contributed by atoms with van der Waals surface area (Å²) in [6.07, 6.45) is 4.81. The van der Waals surface area contributed by atoms with Gasteiger partial charge in [-0.3, -0.25) is 4.98 Å². The molecule has 0 aliphatic heterocycles.